The molecule has 2 rings (SSSR count). The molecular weight excluding hydrogens is 240 g/mol. The van der Waals surface area contributed by atoms with Crippen molar-refractivity contribution in [3.63, 3.8) is 0 Å². The van der Waals surface area contributed by atoms with Crippen molar-refractivity contribution in [2.24, 2.45) is 0 Å². The van der Waals surface area contributed by atoms with Gasteiger partial charge in [-0.25, -0.2) is 0 Å². The molecule has 0 atom stereocenters. The number of likely N-dealkylation sites (tertiary alicyclic amines) is 1. The topological polar surface area (TPSA) is 33.7 Å². The van der Waals surface area contributed by atoms with Crippen molar-refractivity contribution in [3.05, 3.63) is 24.3 Å². The maximum Gasteiger partial charge on any atom is 0.142 e. The van der Waals surface area contributed by atoms with E-state index in [9.17, 15) is 0 Å². The highest BCUT2D eigenvalue weighted by molar-refractivity contribution is 5.56. The molecule has 0 spiro atoms. The first-order valence-electron chi connectivity index (χ1n) is 7.07. The molecule has 0 aromatic heterocycles. The molecule has 1 N–H and O–H groups in total. The van der Waals surface area contributed by atoms with Crippen LogP contribution in [0.2, 0.25) is 0 Å². The molecule has 0 bridgehead atoms. The predicted molar refractivity (Wildman–Crippen MR) is 78.0 cm³/mol. The summed E-state index contributed by atoms with van der Waals surface area (Å²) in [7, 11) is 1.68. The molecule has 4 nitrogen and oxygen atoms in total. The number of benzene rings is 1. The summed E-state index contributed by atoms with van der Waals surface area (Å²) in [5.41, 5.74) is 1.07. The number of hydrogen-bond acceptors (Lipinski definition) is 4. The number of anilines is 1. The number of rotatable bonds is 8. The highest BCUT2D eigenvalue weighted by Crippen LogP contribution is 2.23. The normalized spacial score (nSPS) is 15.6. The quantitative estimate of drug-likeness (QED) is 0.730. The molecule has 0 unspecified atom stereocenters. The molecule has 1 aliphatic rings. The van der Waals surface area contributed by atoms with E-state index in [0.29, 0.717) is 13.2 Å². The Hall–Kier alpha value is -1.26. The van der Waals surface area contributed by atoms with E-state index in [2.05, 4.69) is 16.3 Å². The zero-order valence-electron chi connectivity index (χ0n) is 11.7. The van der Waals surface area contributed by atoms with Crippen molar-refractivity contribution in [2.45, 2.75) is 12.8 Å². The van der Waals surface area contributed by atoms with Crippen molar-refractivity contribution in [3.8, 4) is 5.75 Å². The minimum Gasteiger partial charge on any atom is -0.489 e. The van der Waals surface area contributed by atoms with Crippen molar-refractivity contribution >= 4 is 5.69 Å². The van der Waals surface area contributed by atoms with Crippen LogP contribution in [0.25, 0.3) is 0 Å². The molecule has 1 aromatic carbocycles. The summed E-state index contributed by atoms with van der Waals surface area (Å²) < 4.78 is 10.7. The first kappa shape index (κ1) is 14.2. The summed E-state index contributed by atoms with van der Waals surface area (Å²) >= 11 is 0. The summed E-state index contributed by atoms with van der Waals surface area (Å²) in [6, 6.07) is 8.08. The molecule has 0 radical (unpaired) electrons. The van der Waals surface area contributed by atoms with Crippen LogP contribution in [-0.2, 0) is 4.74 Å². The third kappa shape index (κ3) is 4.73. The van der Waals surface area contributed by atoms with Gasteiger partial charge in [-0.2, -0.15) is 0 Å². The monoisotopic (exact) mass is 264 g/mol. The Morgan fingerprint density at radius 1 is 1.16 bits per heavy atom. The van der Waals surface area contributed by atoms with Gasteiger partial charge in [-0.1, -0.05) is 12.1 Å². The maximum absolute atomic E-state index is 5.70. The molecule has 0 amide bonds. The van der Waals surface area contributed by atoms with Gasteiger partial charge in [0.05, 0.1) is 12.3 Å². The first-order chi connectivity index (χ1) is 9.40. The number of nitrogens with one attached hydrogen (secondary N) is 1. The number of ether oxygens (including phenoxy) is 2. The zero-order valence-corrected chi connectivity index (χ0v) is 11.7. The van der Waals surface area contributed by atoms with Gasteiger partial charge in [-0.15, -0.1) is 0 Å². The fourth-order valence-corrected chi connectivity index (χ4v) is 2.33. The largest absolute Gasteiger partial charge is 0.489 e. The molecule has 0 aliphatic carbocycles. The van der Waals surface area contributed by atoms with Gasteiger partial charge in [0.15, 0.2) is 0 Å². The van der Waals surface area contributed by atoms with Gasteiger partial charge in [0.2, 0.25) is 0 Å². The molecule has 1 saturated heterocycles. The van der Waals surface area contributed by atoms with Crippen LogP contribution in [-0.4, -0.2) is 51.4 Å². The average Bonchev–Trinajstić information content (AvgIpc) is 2.94. The number of hydrogen-bond donors (Lipinski definition) is 1. The van der Waals surface area contributed by atoms with Gasteiger partial charge < -0.3 is 19.7 Å². The Morgan fingerprint density at radius 2 is 1.95 bits per heavy atom. The lowest BCUT2D eigenvalue weighted by atomic mass is 10.3. The lowest BCUT2D eigenvalue weighted by Gasteiger charge is -2.17. The van der Waals surface area contributed by atoms with Crippen molar-refractivity contribution in [2.75, 3.05) is 51.8 Å². The number of nitrogens with zero attached hydrogens (tertiary/aromatic N) is 1. The van der Waals surface area contributed by atoms with Gasteiger partial charge in [0, 0.05) is 20.2 Å². The van der Waals surface area contributed by atoms with Crippen LogP contribution >= 0.6 is 0 Å². The van der Waals surface area contributed by atoms with Crippen LogP contribution in [0, 0.1) is 0 Å². The molecule has 1 aromatic rings. The minimum atomic E-state index is 0.585. The summed E-state index contributed by atoms with van der Waals surface area (Å²) in [5, 5.41) is 3.46. The first-order valence-corrected chi connectivity index (χ1v) is 7.07. The van der Waals surface area contributed by atoms with E-state index in [1.165, 1.54) is 25.9 Å². The van der Waals surface area contributed by atoms with E-state index in [1.807, 2.05) is 18.2 Å². The van der Waals surface area contributed by atoms with Gasteiger partial charge in [0.1, 0.15) is 12.4 Å². The standard InChI is InChI=1S/C15H24N2O2/c1-18-12-13-19-15-7-3-2-6-14(15)16-8-11-17-9-4-5-10-17/h2-3,6-7,16H,4-5,8-13H2,1H3. The Bertz CT molecular complexity index is 365. The van der Waals surface area contributed by atoms with Crippen molar-refractivity contribution in [1.82, 2.24) is 4.90 Å². The SMILES string of the molecule is COCCOc1ccccc1NCCN1CCCC1. The molecule has 1 heterocycles. The molecule has 1 fully saturated rings. The van der Waals surface area contributed by atoms with Crippen LogP contribution < -0.4 is 10.1 Å². The fraction of sp³-hybridized carbons (Fsp3) is 0.600. The molecule has 106 valence electrons. The highest BCUT2D eigenvalue weighted by atomic mass is 16.5. The highest BCUT2D eigenvalue weighted by Gasteiger charge is 2.10. The predicted octanol–water partition coefficient (Wildman–Crippen LogP) is 2.22. The minimum absolute atomic E-state index is 0.585. The second-order valence-electron chi connectivity index (χ2n) is 4.81. The number of methoxy groups -OCH3 is 1. The van der Waals surface area contributed by atoms with Gasteiger partial charge in [-0.3, -0.25) is 0 Å². The fourth-order valence-electron chi connectivity index (χ4n) is 2.33. The maximum atomic E-state index is 5.70. The van der Waals surface area contributed by atoms with E-state index < -0.39 is 0 Å². The van der Waals surface area contributed by atoms with Crippen LogP contribution in [0.3, 0.4) is 0 Å². The van der Waals surface area contributed by atoms with E-state index in [0.717, 1.165) is 24.5 Å². The lowest BCUT2D eigenvalue weighted by molar-refractivity contribution is 0.146. The smallest absolute Gasteiger partial charge is 0.142 e. The average molecular weight is 264 g/mol. The van der Waals surface area contributed by atoms with Crippen molar-refractivity contribution in [1.29, 1.82) is 0 Å². The molecule has 4 heteroatoms. The summed E-state index contributed by atoms with van der Waals surface area (Å²) in [4.78, 5) is 2.50. The lowest BCUT2D eigenvalue weighted by Crippen LogP contribution is -2.26. The second-order valence-corrected chi connectivity index (χ2v) is 4.81. The molecular formula is C15H24N2O2. The zero-order chi connectivity index (χ0) is 13.3. The van der Waals surface area contributed by atoms with E-state index in [4.69, 9.17) is 9.47 Å². The Kier molecular flexibility index (Phi) is 5.98. The Labute approximate surface area is 115 Å². The van der Waals surface area contributed by atoms with Crippen molar-refractivity contribution < 1.29 is 9.47 Å². The summed E-state index contributed by atoms with van der Waals surface area (Å²) in [6.45, 7) is 5.75. The Morgan fingerprint density at radius 3 is 2.74 bits per heavy atom. The van der Waals surface area contributed by atoms with Crippen LogP contribution in [0.15, 0.2) is 24.3 Å². The Balaban J connectivity index is 1.77. The van der Waals surface area contributed by atoms with Gasteiger partial charge >= 0.3 is 0 Å². The van der Waals surface area contributed by atoms with Gasteiger partial charge in [0.25, 0.3) is 0 Å². The van der Waals surface area contributed by atoms with Crippen LogP contribution in [0.1, 0.15) is 12.8 Å². The molecule has 19 heavy (non-hydrogen) atoms. The van der Waals surface area contributed by atoms with E-state index in [-0.39, 0.29) is 0 Å². The molecule has 0 saturated carbocycles. The van der Waals surface area contributed by atoms with E-state index in [1.54, 1.807) is 7.11 Å². The van der Waals surface area contributed by atoms with E-state index >= 15 is 0 Å². The second kappa shape index (κ2) is 8.02. The number of para-hydroxylation sites is 2. The van der Waals surface area contributed by atoms with Crippen LogP contribution in [0.4, 0.5) is 5.69 Å². The summed E-state index contributed by atoms with van der Waals surface area (Å²) in [6.07, 6.45) is 2.69. The third-order valence-electron chi connectivity index (χ3n) is 3.37. The molecule has 1 aliphatic heterocycles. The van der Waals surface area contributed by atoms with Gasteiger partial charge in [-0.05, 0) is 38.1 Å². The summed E-state index contributed by atoms with van der Waals surface area (Å²) in [5.74, 6) is 0.904. The third-order valence-corrected chi connectivity index (χ3v) is 3.37. The van der Waals surface area contributed by atoms with Crippen LogP contribution in [0.5, 0.6) is 5.75 Å².